The highest BCUT2D eigenvalue weighted by Gasteiger charge is 2.38. The van der Waals surface area contributed by atoms with Crippen LogP contribution in [0.3, 0.4) is 0 Å². The molecular weight excluding hydrogens is 372 g/mol. The van der Waals surface area contributed by atoms with Crippen molar-refractivity contribution in [1.29, 1.82) is 0 Å². The Balaban J connectivity index is 1.50. The molecule has 1 N–H and O–H groups in total. The summed E-state index contributed by atoms with van der Waals surface area (Å²) < 4.78 is 5.74. The van der Waals surface area contributed by atoms with Crippen molar-refractivity contribution in [2.45, 2.75) is 24.9 Å². The molecule has 0 radical (unpaired) electrons. The van der Waals surface area contributed by atoms with Crippen LogP contribution in [-0.2, 0) is 9.53 Å². The molecule has 1 unspecified atom stereocenters. The number of aliphatic imine (C=N–C) groups is 1. The first-order valence-electron chi connectivity index (χ1n) is 9.36. The monoisotopic (exact) mass is 392 g/mol. The summed E-state index contributed by atoms with van der Waals surface area (Å²) in [6, 6.07) is 6.81. The summed E-state index contributed by atoms with van der Waals surface area (Å²) in [7, 11) is 1.58. The van der Waals surface area contributed by atoms with Gasteiger partial charge in [-0.1, -0.05) is 12.1 Å². The first-order chi connectivity index (χ1) is 13.9. The highest BCUT2D eigenvalue weighted by molar-refractivity contribution is 6.21. The molecule has 1 aliphatic carbocycles. The average molecular weight is 392 g/mol. The number of carboxylic acid groups (broad SMARTS) is 1. The quantitative estimate of drug-likeness (QED) is 0.720. The van der Waals surface area contributed by atoms with Gasteiger partial charge >= 0.3 is 5.97 Å². The predicted molar refractivity (Wildman–Crippen MR) is 106 cm³/mol. The summed E-state index contributed by atoms with van der Waals surface area (Å²) in [5.74, 6) is -1.44. The van der Waals surface area contributed by atoms with Gasteiger partial charge in [0.25, 0.3) is 11.8 Å². The van der Waals surface area contributed by atoms with E-state index in [1.54, 1.807) is 31.4 Å². The minimum Gasteiger partial charge on any atom is -0.481 e. The Morgan fingerprint density at radius 1 is 1.21 bits per heavy atom. The number of fused-ring (bicyclic) bond motifs is 2. The second-order valence-corrected chi connectivity index (χ2v) is 7.18. The van der Waals surface area contributed by atoms with Gasteiger partial charge in [0.05, 0.1) is 23.3 Å². The summed E-state index contributed by atoms with van der Waals surface area (Å²) in [6.07, 6.45) is 8.26. The van der Waals surface area contributed by atoms with Crippen LogP contribution in [0.2, 0.25) is 0 Å². The summed E-state index contributed by atoms with van der Waals surface area (Å²) >= 11 is 0. The Morgan fingerprint density at radius 3 is 2.52 bits per heavy atom. The van der Waals surface area contributed by atoms with E-state index >= 15 is 0 Å². The number of allylic oxidation sites excluding steroid dienone is 4. The average Bonchev–Trinajstić information content (AvgIpc) is 3.23. The van der Waals surface area contributed by atoms with Gasteiger partial charge in [-0.25, -0.2) is 0 Å². The topological polar surface area (TPSA) is 96.3 Å². The van der Waals surface area contributed by atoms with E-state index in [0.29, 0.717) is 29.7 Å². The Morgan fingerprint density at radius 2 is 1.90 bits per heavy atom. The molecule has 7 nitrogen and oxygen atoms in total. The summed E-state index contributed by atoms with van der Waals surface area (Å²) in [6.45, 7) is 0.219. The number of carboxylic acids is 1. The van der Waals surface area contributed by atoms with Crippen LogP contribution >= 0.6 is 0 Å². The molecule has 2 amide bonds. The summed E-state index contributed by atoms with van der Waals surface area (Å²) in [5, 5.41) is 8.85. The van der Waals surface area contributed by atoms with E-state index in [0.717, 1.165) is 11.3 Å². The van der Waals surface area contributed by atoms with Crippen LogP contribution in [0.4, 0.5) is 0 Å². The van der Waals surface area contributed by atoms with E-state index in [4.69, 9.17) is 9.84 Å². The molecule has 0 aromatic heterocycles. The molecule has 3 aliphatic rings. The van der Waals surface area contributed by atoms with Crippen molar-refractivity contribution < 1.29 is 24.2 Å². The number of benzene rings is 1. The fourth-order valence-electron chi connectivity index (χ4n) is 3.76. The Bertz CT molecular complexity index is 998. The van der Waals surface area contributed by atoms with Crippen molar-refractivity contribution >= 4 is 23.5 Å². The van der Waals surface area contributed by atoms with Gasteiger partial charge in [-0.15, -0.1) is 0 Å². The lowest BCUT2D eigenvalue weighted by Gasteiger charge is -2.30. The van der Waals surface area contributed by atoms with Crippen LogP contribution in [0.5, 0.6) is 0 Å². The molecule has 0 saturated heterocycles. The predicted octanol–water partition coefficient (Wildman–Crippen LogP) is 2.76. The number of rotatable bonds is 7. The number of ether oxygens (including phenoxy) is 1. The molecule has 1 aromatic carbocycles. The maximum absolute atomic E-state index is 12.6. The molecule has 0 saturated carbocycles. The molecule has 1 atom stereocenters. The molecule has 0 spiro atoms. The number of imide groups is 1. The number of methoxy groups -OCH3 is 1. The van der Waals surface area contributed by atoms with E-state index in [-0.39, 0.29) is 24.8 Å². The zero-order valence-electron chi connectivity index (χ0n) is 15.9. The van der Waals surface area contributed by atoms with Gasteiger partial charge < -0.3 is 9.84 Å². The lowest BCUT2D eigenvalue weighted by molar-refractivity contribution is -0.136. The molecule has 4 rings (SSSR count). The minimum atomic E-state index is -0.863. The van der Waals surface area contributed by atoms with Gasteiger partial charge in [-0.2, -0.15) is 0 Å². The lowest BCUT2D eigenvalue weighted by Crippen LogP contribution is -2.38. The largest absolute Gasteiger partial charge is 0.481 e. The van der Waals surface area contributed by atoms with Gasteiger partial charge in [0, 0.05) is 37.8 Å². The zero-order chi connectivity index (χ0) is 20.6. The van der Waals surface area contributed by atoms with Crippen molar-refractivity contribution in [1.82, 2.24) is 4.90 Å². The van der Waals surface area contributed by atoms with Crippen LogP contribution in [-0.4, -0.2) is 52.8 Å². The van der Waals surface area contributed by atoms with Crippen molar-refractivity contribution in [2.24, 2.45) is 4.99 Å². The van der Waals surface area contributed by atoms with Gasteiger partial charge in [-0.3, -0.25) is 24.3 Å². The number of hydrogen-bond acceptors (Lipinski definition) is 5. The Labute approximate surface area is 167 Å². The van der Waals surface area contributed by atoms with Crippen molar-refractivity contribution in [3.63, 3.8) is 0 Å². The maximum atomic E-state index is 12.6. The van der Waals surface area contributed by atoms with Crippen molar-refractivity contribution in [2.75, 3.05) is 13.7 Å². The first kappa shape index (κ1) is 19.0. The molecule has 7 heteroatoms. The molecule has 0 fully saturated rings. The van der Waals surface area contributed by atoms with Crippen LogP contribution in [0.25, 0.3) is 0 Å². The molecule has 1 aromatic rings. The highest BCUT2D eigenvalue weighted by Crippen LogP contribution is 2.32. The van der Waals surface area contributed by atoms with Gasteiger partial charge in [0.2, 0.25) is 0 Å². The smallest absolute Gasteiger partial charge is 0.303 e. The van der Waals surface area contributed by atoms with E-state index in [2.05, 4.69) is 4.99 Å². The van der Waals surface area contributed by atoms with Crippen molar-refractivity contribution in [3.8, 4) is 0 Å². The third-order valence-electron chi connectivity index (χ3n) is 5.38. The second-order valence-electron chi connectivity index (χ2n) is 7.18. The van der Waals surface area contributed by atoms with Crippen molar-refractivity contribution in [3.05, 3.63) is 71.0 Å². The SMILES string of the molecule is COC1(CCN2C(=O)c3ccccc3C2=O)C=CC2=NC(CCC(=O)O)=CC2=C1. The van der Waals surface area contributed by atoms with Gasteiger partial charge in [0.15, 0.2) is 0 Å². The highest BCUT2D eigenvalue weighted by atomic mass is 16.5. The minimum absolute atomic E-state index is 0.0226. The van der Waals surface area contributed by atoms with E-state index in [9.17, 15) is 14.4 Å². The zero-order valence-corrected chi connectivity index (χ0v) is 15.9. The first-order valence-corrected chi connectivity index (χ1v) is 9.36. The number of aliphatic carboxylic acids is 1. The van der Waals surface area contributed by atoms with E-state index < -0.39 is 11.6 Å². The third kappa shape index (κ3) is 3.45. The standard InChI is InChI=1S/C22H20N2O5/c1-29-22(9-8-18-14(13-22)12-15(23-18)6-7-19(25)26)10-11-24-20(27)16-4-2-3-5-17(16)21(24)28/h2-5,8-9,12-13H,6-7,10-11H2,1H3,(H,25,26). The van der Waals surface area contributed by atoms with Gasteiger partial charge in [-0.05, 0) is 36.4 Å². The Kier molecular flexibility index (Phi) is 4.76. The number of carbonyl (C=O) groups is 3. The molecule has 148 valence electrons. The molecule has 0 bridgehead atoms. The van der Waals surface area contributed by atoms with E-state index in [1.807, 2.05) is 24.3 Å². The summed E-state index contributed by atoms with van der Waals surface area (Å²) in [4.78, 5) is 41.7. The molecular formula is C22H20N2O5. The van der Waals surface area contributed by atoms with Crippen LogP contribution in [0, 0.1) is 0 Å². The van der Waals surface area contributed by atoms with E-state index in [1.165, 1.54) is 4.90 Å². The van der Waals surface area contributed by atoms with Gasteiger partial charge in [0.1, 0.15) is 5.60 Å². The fraction of sp³-hybridized carbons (Fsp3) is 0.273. The lowest BCUT2D eigenvalue weighted by atomic mass is 9.89. The normalized spacial score (nSPS) is 22.2. The molecule has 2 heterocycles. The number of amides is 2. The summed E-state index contributed by atoms with van der Waals surface area (Å²) in [5.41, 5.74) is 2.42. The van der Waals surface area contributed by atoms with Crippen LogP contribution in [0.15, 0.2) is 64.8 Å². The third-order valence-corrected chi connectivity index (χ3v) is 5.38. The number of nitrogens with zero attached hydrogens (tertiary/aromatic N) is 2. The number of carbonyl (C=O) groups excluding carboxylic acids is 2. The molecule has 29 heavy (non-hydrogen) atoms. The maximum Gasteiger partial charge on any atom is 0.303 e. The van der Waals surface area contributed by atoms with Crippen LogP contribution in [0.1, 0.15) is 40.0 Å². The molecule has 2 aliphatic heterocycles. The number of hydrogen-bond donors (Lipinski definition) is 1. The fourth-order valence-corrected chi connectivity index (χ4v) is 3.76. The second kappa shape index (κ2) is 7.25. The Hall–Kier alpha value is -3.32. The van der Waals surface area contributed by atoms with Crippen LogP contribution < -0.4 is 0 Å².